The Labute approximate surface area is 422 Å². The number of benzene rings is 12. The molecule has 0 spiro atoms. The summed E-state index contributed by atoms with van der Waals surface area (Å²) in [5, 5.41) is 5.03. The van der Waals surface area contributed by atoms with Crippen molar-refractivity contribution in [3.8, 4) is 77.9 Å². The maximum absolute atomic E-state index is 2.46. The zero-order valence-electron chi connectivity index (χ0n) is 40.4. The van der Waals surface area contributed by atoms with Gasteiger partial charge in [0.05, 0.1) is 5.69 Å². The molecule has 0 saturated heterocycles. The molecular weight excluding hydrogens is 867 g/mol. The van der Waals surface area contributed by atoms with Crippen LogP contribution >= 0.6 is 0 Å². The quantitative estimate of drug-likeness (QED) is 0.139. The number of para-hydroxylation sites is 1. The number of hydrogen-bond donors (Lipinski definition) is 0. The van der Waals surface area contributed by atoms with Crippen LogP contribution in [0.3, 0.4) is 0 Å². The maximum Gasteiger partial charge on any atom is 0.0540 e. The zero-order chi connectivity index (χ0) is 48.2. The highest BCUT2D eigenvalue weighted by molar-refractivity contribution is 6.08. The molecule has 0 aliphatic heterocycles. The van der Waals surface area contributed by atoms with Crippen LogP contribution in [0.2, 0.25) is 0 Å². The molecule has 0 amide bonds. The maximum atomic E-state index is 2.46. The third kappa shape index (κ3) is 7.33. The van der Waals surface area contributed by atoms with E-state index in [-0.39, 0.29) is 5.41 Å². The van der Waals surface area contributed by atoms with Crippen LogP contribution in [0.25, 0.3) is 99.4 Å². The van der Waals surface area contributed by atoms with E-state index in [4.69, 9.17) is 0 Å². The van der Waals surface area contributed by atoms with Crippen LogP contribution in [0.15, 0.2) is 273 Å². The van der Waals surface area contributed by atoms with Crippen molar-refractivity contribution >= 4 is 38.6 Å². The van der Waals surface area contributed by atoms with Gasteiger partial charge in [0.15, 0.2) is 0 Å². The van der Waals surface area contributed by atoms with Crippen LogP contribution < -0.4 is 4.90 Å². The van der Waals surface area contributed by atoms with Gasteiger partial charge < -0.3 is 4.90 Å². The highest BCUT2D eigenvalue weighted by Crippen LogP contribution is 2.54. The molecule has 0 saturated carbocycles. The Kier molecular flexibility index (Phi) is 10.6. The van der Waals surface area contributed by atoms with E-state index in [1.807, 2.05) is 0 Å². The number of rotatable bonds is 9. The second-order valence-corrected chi connectivity index (χ2v) is 19.6. The summed E-state index contributed by atoms with van der Waals surface area (Å²) in [4.78, 5) is 2.46. The average Bonchev–Trinajstić information content (AvgIpc) is 3.68. The van der Waals surface area contributed by atoms with Crippen molar-refractivity contribution in [2.24, 2.45) is 0 Å². The van der Waals surface area contributed by atoms with Crippen LogP contribution in [0, 0.1) is 0 Å². The van der Waals surface area contributed by atoms with Crippen molar-refractivity contribution in [1.29, 1.82) is 0 Å². The van der Waals surface area contributed by atoms with Gasteiger partial charge in [0.1, 0.15) is 0 Å². The Morgan fingerprint density at radius 3 is 1.15 bits per heavy atom. The van der Waals surface area contributed by atoms with E-state index in [0.717, 1.165) is 17.1 Å². The van der Waals surface area contributed by atoms with Gasteiger partial charge in [0, 0.05) is 22.4 Å². The molecule has 0 bridgehead atoms. The third-order valence-electron chi connectivity index (χ3n) is 15.1. The molecular formula is C71H51N. The summed E-state index contributed by atoms with van der Waals surface area (Å²) in [5.41, 5.74) is 23.0. The van der Waals surface area contributed by atoms with Crippen LogP contribution in [-0.4, -0.2) is 0 Å². The summed E-state index contributed by atoms with van der Waals surface area (Å²) in [6, 6.07) is 100. The van der Waals surface area contributed by atoms with Gasteiger partial charge in [0.2, 0.25) is 0 Å². The molecule has 72 heavy (non-hydrogen) atoms. The Morgan fingerprint density at radius 1 is 0.264 bits per heavy atom. The molecule has 1 nitrogen and oxygen atoms in total. The van der Waals surface area contributed by atoms with Crippen molar-refractivity contribution in [3.63, 3.8) is 0 Å². The fourth-order valence-corrected chi connectivity index (χ4v) is 11.6. The third-order valence-corrected chi connectivity index (χ3v) is 15.1. The topological polar surface area (TPSA) is 3.24 Å². The molecule has 0 unspecified atom stereocenters. The smallest absolute Gasteiger partial charge is 0.0540 e. The molecule has 0 fully saturated rings. The standard InChI is InChI=1S/C71H51N/c1-71(2)65-35-18-34-63(52-39-37-51(38-40-52)61-32-16-27-54-25-14-30-59(68(54)61)49-21-8-4-9-22-49)70(65)64-46-45-57(47-66(64)71)72(67-36-13-12-29-58(67)48-19-6-3-7-20-48)56-43-41-53(42-44-56)62-33-17-28-55-26-15-31-60(69(55)62)50-23-10-5-11-24-50/h3-47H,1-2H3. The fraction of sp³-hybridized carbons (Fsp3) is 0.0423. The monoisotopic (exact) mass is 917 g/mol. The van der Waals surface area contributed by atoms with Gasteiger partial charge in [-0.2, -0.15) is 0 Å². The summed E-state index contributed by atoms with van der Waals surface area (Å²) >= 11 is 0. The van der Waals surface area contributed by atoms with Crippen molar-refractivity contribution in [2.75, 3.05) is 4.90 Å². The van der Waals surface area contributed by atoms with Crippen LogP contribution in [0.4, 0.5) is 17.1 Å². The first-order valence-corrected chi connectivity index (χ1v) is 25.1. The van der Waals surface area contributed by atoms with Crippen molar-refractivity contribution in [3.05, 3.63) is 284 Å². The Hall–Kier alpha value is -9.04. The lowest BCUT2D eigenvalue weighted by Gasteiger charge is -2.30. The minimum absolute atomic E-state index is 0.243. The van der Waals surface area contributed by atoms with Gasteiger partial charge in [-0.3, -0.25) is 0 Å². The molecule has 0 aromatic heterocycles. The van der Waals surface area contributed by atoms with E-state index in [1.165, 1.54) is 111 Å². The molecule has 0 heterocycles. The van der Waals surface area contributed by atoms with Gasteiger partial charge in [-0.25, -0.2) is 0 Å². The van der Waals surface area contributed by atoms with E-state index in [0.29, 0.717) is 0 Å². The Balaban J connectivity index is 0.913. The Morgan fingerprint density at radius 2 is 0.639 bits per heavy atom. The van der Waals surface area contributed by atoms with Crippen molar-refractivity contribution in [1.82, 2.24) is 0 Å². The van der Waals surface area contributed by atoms with E-state index >= 15 is 0 Å². The molecule has 13 rings (SSSR count). The number of hydrogen-bond acceptors (Lipinski definition) is 1. The SMILES string of the molecule is CC1(C)c2cc(N(c3ccc(-c4cccc5cccc(-c6ccccc6)c45)cc3)c3ccccc3-c3ccccc3)ccc2-c2c(-c3ccc(-c4cccc5cccc(-c6ccccc6)c45)cc3)cccc21. The fourth-order valence-electron chi connectivity index (χ4n) is 11.6. The second kappa shape index (κ2) is 17.7. The number of fused-ring (bicyclic) bond motifs is 5. The molecule has 0 atom stereocenters. The predicted octanol–water partition coefficient (Wildman–Crippen LogP) is 19.8. The molecule has 0 N–H and O–H groups in total. The van der Waals surface area contributed by atoms with E-state index in [9.17, 15) is 0 Å². The van der Waals surface area contributed by atoms with Crippen LogP contribution in [-0.2, 0) is 5.41 Å². The van der Waals surface area contributed by atoms with Gasteiger partial charge in [-0.05, 0) is 135 Å². The summed E-state index contributed by atoms with van der Waals surface area (Å²) in [7, 11) is 0. The minimum atomic E-state index is -0.243. The lowest BCUT2D eigenvalue weighted by molar-refractivity contribution is 0.660. The first-order valence-electron chi connectivity index (χ1n) is 25.1. The lowest BCUT2D eigenvalue weighted by atomic mass is 9.81. The molecule has 12 aromatic rings. The first kappa shape index (κ1) is 43.0. The van der Waals surface area contributed by atoms with Gasteiger partial charge in [-0.15, -0.1) is 0 Å². The van der Waals surface area contributed by atoms with Gasteiger partial charge in [0.25, 0.3) is 0 Å². The van der Waals surface area contributed by atoms with E-state index in [2.05, 4.69) is 292 Å². The van der Waals surface area contributed by atoms with Gasteiger partial charge >= 0.3 is 0 Å². The summed E-state index contributed by atoms with van der Waals surface area (Å²) in [5.74, 6) is 0. The van der Waals surface area contributed by atoms with Crippen LogP contribution in [0.1, 0.15) is 25.0 Å². The molecule has 12 aromatic carbocycles. The lowest BCUT2D eigenvalue weighted by Crippen LogP contribution is -2.17. The zero-order valence-corrected chi connectivity index (χ0v) is 40.4. The first-order chi connectivity index (χ1) is 35.5. The second-order valence-electron chi connectivity index (χ2n) is 19.6. The van der Waals surface area contributed by atoms with E-state index in [1.54, 1.807) is 0 Å². The Bertz CT molecular complexity index is 3950. The minimum Gasteiger partial charge on any atom is -0.310 e. The molecule has 1 aliphatic rings. The summed E-state index contributed by atoms with van der Waals surface area (Å²) < 4.78 is 0. The van der Waals surface area contributed by atoms with E-state index < -0.39 is 0 Å². The number of anilines is 3. The van der Waals surface area contributed by atoms with Crippen LogP contribution in [0.5, 0.6) is 0 Å². The predicted molar refractivity (Wildman–Crippen MR) is 306 cm³/mol. The van der Waals surface area contributed by atoms with Gasteiger partial charge in [-0.1, -0.05) is 257 Å². The summed E-state index contributed by atoms with van der Waals surface area (Å²) in [6.07, 6.45) is 0. The molecule has 1 aliphatic carbocycles. The van der Waals surface area contributed by atoms with Crippen molar-refractivity contribution < 1.29 is 0 Å². The molecule has 340 valence electrons. The molecule has 1 heteroatoms. The highest BCUT2D eigenvalue weighted by atomic mass is 15.1. The number of nitrogens with zero attached hydrogens (tertiary/aromatic N) is 1. The average molecular weight is 918 g/mol. The largest absolute Gasteiger partial charge is 0.310 e. The summed E-state index contributed by atoms with van der Waals surface area (Å²) in [6.45, 7) is 4.79. The highest BCUT2D eigenvalue weighted by Gasteiger charge is 2.37. The normalized spacial score (nSPS) is 12.4. The molecule has 0 radical (unpaired) electrons. The van der Waals surface area contributed by atoms with Crippen molar-refractivity contribution in [2.45, 2.75) is 19.3 Å².